The monoisotopic (exact) mass is 526 g/mol. The number of aromatic amines is 1. The van der Waals surface area contributed by atoms with E-state index in [0.717, 1.165) is 51.0 Å². The van der Waals surface area contributed by atoms with E-state index in [-0.39, 0.29) is 23.5 Å². The van der Waals surface area contributed by atoms with Gasteiger partial charge in [-0.2, -0.15) is 0 Å². The molecule has 0 aliphatic carbocycles. The smallest absolute Gasteiger partial charge is 0.328 e. The van der Waals surface area contributed by atoms with Crippen LogP contribution >= 0.6 is 0 Å². The van der Waals surface area contributed by atoms with E-state index in [2.05, 4.69) is 58.4 Å². The Morgan fingerprint density at radius 1 is 0.872 bits per heavy atom. The van der Waals surface area contributed by atoms with Crippen molar-refractivity contribution >= 4 is 16.6 Å². The highest BCUT2D eigenvalue weighted by atomic mass is 16.5. The molecule has 0 amide bonds. The first kappa shape index (κ1) is 26.9. The average Bonchev–Trinajstić information content (AvgIpc) is 2.96. The summed E-state index contributed by atoms with van der Waals surface area (Å²) in [5.74, 6) is 0. The van der Waals surface area contributed by atoms with Gasteiger partial charge in [-0.3, -0.25) is 14.3 Å². The number of rotatable bonds is 10. The van der Waals surface area contributed by atoms with E-state index >= 15 is 0 Å². The molecule has 1 aromatic heterocycles. The predicted octanol–water partition coefficient (Wildman–Crippen LogP) is 4.81. The van der Waals surface area contributed by atoms with Gasteiger partial charge in [0.1, 0.15) is 6.10 Å². The highest BCUT2D eigenvalue weighted by Gasteiger charge is 2.24. The molecule has 1 N–H and O–H groups in total. The van der Waals surface area contributed by atoms with Crippen molar-refractivity contribution in [1.29, 1.82) is 0 Å². The summed E-state index contributed by atoms with van der Waals surface area (Å²) in [6.45, 7) is 3.60. The molecule has 0 unspecified atom stereocenters. The fourth-order valence-corrected chi connectivity index (χ4v) is 5.45. The number of likely N-dealkylation sites (tertiary alicyclic amines) is 1. The van der Waals surface area contributed by atoms with Crippen molar-refractivity contribution in [3.63, 3.8) is 0 Å². The molecule has 2 heterocycles. The number of H-pyrrole nitrogens is 1. The predicted molar refractivity (Wildman–Crippen MR) is 158 cm³/mol. The fraction of sp³-hybridized carbons (Fsp3) is 0.375. The summed E-state index contributed by atoms with van der Waals surface area (Å²) in [7, 11) is 3.87. The quantitative estimate of drug-likeness (QED) is 0.301. The Kier molecular flexibility index (Phi) is 8.59. The Morgan fingerprint density at radius 3 is 2.10 bits per heavy atom. The Bertz CT molecular complexity index is 1430. The van der Waals surface area contributed by atoms with Crippen molar-refractivity contribution < 1.29 is 4.74 Å². The highest BCUT2D eigenvalue weighted by molar-refractivity contribution is 5.82. The lowest BCUT2D eigenvalue weighted by Crippen LogP contribution is -2.38. The summed E-state index contributed by atoms with van der Waals surface area (Å²) in [5, 5.41) is 0.548. The van der Waals surface area contributed by atoms with Gasteiger partial charge in [0.05, 0.1) is 17.0 Å². The van der Waals surface area contributed by atoms with Gasteiger partial charge in [0.25, 0.3) is 5.56 Å². The van der Waals surface area contributed by atoms with Crippen LogP contribution in [0.3, 0.4) is 0 Å². The molecule has 1 aliphatic rings. The minimum absolute atomic E-state index is 0.0526. The summed E-state index contributed by atoms with van der Waals surface area (Å²) in [6, 6.07) is 26.6. The lowest BCUT2D eigenvalue weighted by molar-refractivity contribution is -0.0271. The lowest BCUT2D eigenvalue weighted by atomic mass is 10.00. The first-order valence-electron chi connectivity index (χ1n) is 13.9. The number of nitrogens with one attached hydrogen (secondary N) is 1. The molecule has 5 rings (SSSR count). The number of unbranched alkanes of at least 4 members (excludes halogenated alkanes) is 1. The number of aryl methyl sites for hydroxylation is 1. The third-order valence-corrected chi connectivity index (χ3v) is 7.67. The molecule has 7 heteroatoms. The zero-order chi connectivity index (χ0) is 27.2. The number of ether oxygens (including phenoxy) is 1. The second-order valence-corrected chi connectivity index (χ2v) is 10.6. The number of nitrogens with zero attached hydrogens (tertiary/aromatic N) is 3. The van der Waals surface area contributed by atoms with Gasteiger partial charge in [0, 0.05) is 39.4 Å². The molecule has 0 atom stereocenters. The molecule has 4 aromatic rings. The van der Waals surface area contributed by atoms with Gasteiger partial charge < -0.3 is 14.5 Å². The van der Waals surface area contributed by atoms with Gasteiger partial charge in [0.15, 0.2) is 0 Å². The molecule has 0 saturated carbocycles. The molecule has 1 saturated heterocycles. The van der Waals surface area contributed by atoms with Crippen molar-refractivity contribution in [3.8, 4) is 0 Å². The SMILES string of the molecule is CN(C)c1ccc2c(c1)c(=O)[nH]c(=O)n2CCCCN1CCC(OC(c2ccccc2)c2ccccc2)CC1. The summed E-state index contributed by atoms with van der Waals surface area (Å²) in [6.07, 6.45) is 4.05. The van der Waals surface area contributed by atoms with Crippen LogP contribution in [0.1, 0.15) is 42.9 Å². The number of piperidine rings is 1. The van der Waals surface area contributed by atoms with Crippen LogP contribution in [0, 0.1) is 0 Å². The molecule has 39 heavy (non-hydrogen) atoms. The van der Waals surface area contributed by atoms with E-state index in [9.17, 15) is 9.59 Å². The molecular weight excluding hydrogens is 488 g/mol. The number of benzene rings is 3. The molecule has 0 bridgehead atoms. The largest absolute Gasteiger partial charge is 0.378 e. The Morgan fingerprint density at radius 2 is 1.49 bits per heavy atom. The fourth-order valence-electron chi connectivity index (χ4n) is 5.45. The second kappa shape index (κ2) is 12.5. The molecule has 0 spiro atoms. The van der Waals surface area contributed by atoms with E-state index in [1.165, 1.54) is 11.1 Å². The van der Waals surface area contributed by atoms with Crippen LogP contribution in [0.25, 0.3) is 10.9 Å². The maximum Gasteiger partial charge on any atom is 0.328 e. The van der Waals surface area contributed by atoms with Crippen LogP contribution in [-0.4, -0.2) is 54.3 Å². The molecule has 7 nitrogen and oxygen atoms in total. The van der Waals surface area contributed by atoms with Gasteiger partial charge in [-0.25, -0.2) is 4.79 Å². The minimum atomic E-state index is -0.338. The van der Waals surface area contributed by atoms with Crippen LogP contribution in [0.15, 0.2) is 88.5 Å². The van der Waals surface area contributed by atoms with E-state index in [4.69, 9.17) is 4.74 Å². The van der Waals surface area contributed by atoms with Crippen LogP contribution in [-0.2, 0) is 11.3 Å². The van der Waals surface area contributed by atoms with Crippen molar-refractivity contribution in [1.82, 2.24) is 14.5 Å². The number of fused-ring (bicyclic) bond motifs is 1. The summed E-state index contributed by atoms with van der Waals surface area (Å²) in [4.78, 5) is 31.9. The lowest BCUT2D eigenvalue weighted by Gasteiger charge is -2.34. The molecule has 1 fully saturated rings. The maximum atomic E-state index is 12.6. The van der Waals surface area contributed by atoms with Gasteiger partial charge in [0.2, 0.25) is 0 Å². The Hall–Kier alpha value is -3.68. The van der Waals surface area contributed by atoms with E-state index < -0.39 is 0 Å². The molecule has 1 aliphatic heterocycles. The third-order valence-electron chi connectivity index (χ3n) is 7.67. The van der Waals surface area contributed by atoms with Crippen molar-refractivity contribution in [2.75, 3.05) is 38.6 Å². The van der Waals surface area contributed by atoms with Crippen molar-refractivity contribution in [2.45, 2.75) is 44.4 Å². The molecule has 3 aromatic carbocycles. The van der Waals surface area contributed by atoms with Crippen LogP contribution in [0.4, 0.5) is 5.69 Å². The van der Waals surface area contributed by atoms with Gasteiger partial charge in [-0.15, -0.1) is 0 Å². The van der Waals surface area contributed by atoms with Crippen molar-refractivity contribution in [3.05, 3.63) is 111 Å². The normalized spacial score (nSPS) is 14.7. The molecule has 0 radical (unpaired) electrons. The first-order chi connectivity index (χ1) is 19.0. The highest BCUT2D eigenvalue weighted by Crippen LogP contribution is 2.30. The minimum Gasteiger partial charge on any atom is -0.378 e. The second-order valence-electron chi connectivity index (χ2n) is 10.6. The zero-order valence-electron chi connectivity index (χ0n) is 22.9. The number of aromatic nitrogens is 2. The average molecular weight is 527 g/mol. The number of hydrogen-bond acceptors (Lipinski definition) is 5. The molecular formula is C32H38N4O3. The van der Waals surface area contributed by atoms with Gasteiger partial charge in [-0.05, 0) is 61.6 Å². The standard InChI is InChI=1S/C32H38N4O3/c1-34(2)26-15-16-29-28(23-26)31(37)33-32(38)36(29)20-10-9-19-35-21-17-27(18-22-35)39-30(24-11-5-3-6-12-24)25-13-7-4-8-14-25/h3-8,11-16,23,27,30H,9-10,17-22H2,1-2H3,(H,33,37,38). The van der Waals surface area contributed by atoms with Gasteiger partial charge in [-0.1, -0.05) is 60.7 Å². The maximum absolute atomic E-state index is 12.6. The van der Waals surface area contributed by atoms with Crippen LogP contribution in [0.5, 0.6) is 0 Å². The van der Waals surface area contributed by atoms with E-state index in [1.807, 2.05) is 49.3 Å². The number of hydrogen-bond donors (Lipinski definition) is 1. The van der Waals surface area contributed by atoms with Gasteiger partial charge >= 0.3 is 5.69 Å². The first-order valence-corrected chi connectivity index (χ1v) is 13.9. The topological polar surface area (TPSA) is 70.6 Å². The zero-order valence-corrected chi connectivity index (χ0v) is 22.9. The summed E-state index contributed by atoms with van der Waals surface area (Å²) >= 11 is 0. The summed E-state index contributed by atoms with van der Waals surface area (Å²) in [5.41, 5.74) is 3.34. The molecule has 204 valence electrons. The van der Waals surface area contributed by atoms with Crippen molar-refractivity contribution in [2.24, 2.45) is 0 Å². The van der Waals surface area contributed by atoms with E-state index in [1.54, 1.807) is 4.57 Å². The third kappa shape index (κ3) is 6.49. The Labute approximate surface area is 229 Å². The number of anilines is 1. The van der Waals surface area contributed by atoms with E-state index in [0.29, 0.717) is 17.4 Å². The Balaban J connectivity index is 1.14. The summed E-state index contributed by atoms with van der Waals surface area (Å²) < 4.78 is 8.38. The van der Waals surface area contributed by atoms with Crippen LogP contribution in [0.2, 0.25) is 0 Å². The van der Waals surface area contributed by atoms with Crippen LogP contribution < -0.4 is 16.1 Å².